The molecule has 0 unspecified atom stereocenters. The molecule has 2 aromatic carbocycles. The molecule has 1 aliphatic rings. The SMILES string of the molecule is CC1CCN(c2cccc(NC(=O)c3cccc(N)c3)c2)CC1. The molecule has 0 radical (unpaired) electrons. The summed E-state index contributed by atoms with van der Waals surface area (Å²) in [6, 6.07) is 15.1. The summed E-state index contributed by atoms with van der Waals surface area (Å²) in [5.41, 5.74) is 8.88. The Balaban J connectivity index is 1.71. The van der Waals surface area contributed by atoms with Gasteiger partial charge in [-0.05, 0) is 55.2 Å². The molecule has 1 saturated heterocycles. The van der Waals surface area contributed by atoms with E-state index < -0.39 is 0 Å². The van der Waals surface area contributed by atoms with Crippen LogP contribution < -0.4 is 16.0 Å². The number of carbonyl (C=O) groups excluding carboxylic acids is 1. The Morgan fingerprint density at radius 1 is 1.13 bits per heavy atom. The molecule has 23 heavy (non-hydrogen) atoms. The number of hydrogen-bond acceptors (Lipinski definition) is 3. The van der Waals surface area contributed by atoms with Crippen molar-refractivity contribution in [2.45, 2.75) is 19.8 Å². The first-order valence-electron chi connectivity index (χ1n) is 8.14. The second-order valence-corrected chi connectivity index (χ2v) is 6.30. The lowest BCUT2D eigenvalue weighted by atomic mass is 9.99. The van der Waals surface area contributed by atoms with E-state index in [0.717, 1.165) is 24.7 Å². The number of piperidine rings is 1. The molecule has 1 amide bonds. The van der Waals surface area contributed by atoms with Crippen LogP contribution in [0, 0.1) is 5.92 Å². The number of nitrogens with one attached hydrogen (secondary N) is 1. The molecule has 0 atom stereocenters. The monoisotopic (exact) mass is 309 g/mol. The standard InChI is InChI=1S/C19H23N3O/c1-14-8-10-22(11-9-14)18-7-3-6-17(13-18)21-19(23)15-4-2-5-16(20)12-15/h2-7,12-14H,8-11,20H2,1H3,(H,21,23). The molecule has 4 nitrogen and oxygen atoms in total. The number of nitrogens with two attached hydrogens (primary N) is 1. The van der Waals surface area contributed by atoms with E-state index in [2.05, 4.69) is 23.2 Å². The van der Waals surface area contributed by atoms with Crippen molar-refractivity contribution in [1.29, 1.82) is 0 Å². The first-order valence-corrected chi connectivity index (χ1v) is 8.14. The van der Waals surface area contributed by atoms with E-state index >= 15 is 0 Å². The Labute approximate surface area is 137 Å². The molecule has 0 aliphatic carbocycles. The summed E-state index contributed by atoms with van der Waals surface area (Å²) in [6.45, 7) is 4.46. The number of nitrogen functional groups attached to an aromatic ring is 1. The van der Waals surface area contributed by atoms with E-state index in [-0.39, 0.29) is 5.91 Å². The van der Waals surface area contributed by atoms with Gasteiger partial charge in [0.15, 0.2) is 0 Å². The van der Waals surface area contributed by atoms with Crippen molar-refractivity contribution in [1.82, 2.24) is 0 Å². The Morgan fingerprint density at radius 2 is 1.87 bits per heavy atom. The molecule has 120 valence electrons. The molecule has 1 aliphatic heterocycles. The van der Waals surface area contributed by atoms with E-state index in [1.54, 1.807) is 24.3 Å². The minimum Gasteiger partial charge on any atom is -0.399 e. The zero-order chi connectivity index (χ0) is 16.2. The Morgan fingerprint density at radius 3 is 2.61 bits per heavy atom. The maximum Gasteiger partial charge on any atom is 0.255 e. The van der Waals surface area contributed by atoms with Crippen LogP contribution >= 0.6 is 0 Å². The molecule has 1 heterocycles. The van der Waals surface area contributed by atoms with E-state index in [0.29, 0.717) is 11.3 Å². The number of amides is 1. The Kier molecular flexibility index (Phi) is 4.51. The van der Waals surface area contributed by atoms with E-state index in [1.165, 1.54) is 18.5 Å². The molecule has 0 aromatic heterocycles. The van der Waals surface area contributed by atoms with E-state index in [1.807, 2.05) is 18.2 Å². The van der Waals surface area contributed by atoms with Gasteiger partial charge in [0.25, 0.3) is 5.91 Å². The third kappa shape index (κ3) is 3.83. The van der Waals surface area contributed by atoms with Crippen LogP contribution in [0.2, 0.25) is 0 Å². The van der Waals surface area contributed by atoms with Crippen LogP contribution in [0.15, 0.2) is 48.5 Å². The predicted octanol–water partition coefficient (Wildman–Crippen LogP) is 3.76. The summed E-state index contributed by atoms with van der Waals surface area (Å²) < 4.78 is 0. The lowest BCUT2D eigenvalue weighted by Gasteiger charge is -2.32. The van der Waals surface area contributed by atoms with E-state index in [4.69, 9.17) is 5.73 Å². The number of carbonyl (C=O) groups is 1. The van der Waals surface area contributed by atoms with Crippen LogP contribution in [0.5, 0.6) is 0 Å². The summed E-state index contributed by atoms with van der Waals surface area (Å²) in [7, 11) is 0. The zero-order valence-corrected chi connectivity index (χ0v) is 13.5. The van der Waals surface area contributed by atoms with Gasteiger partial charge in [0.1, 0.15) is 0 Å². The fraction of sp³-hybridized carbons (Fsp3) is 0.316. The minimum absolute atomic E-state index is 0.137. The van der Waals surface area contributed by atoms with Crippen molar-refractivity contribution in [3.05, 3.63) is 54.1 Å². The highest BCUT2D eigenvalue weighted by molar-refractivity contribution is 6.04. The van der Waals surface area contributed by atoms with Gasteiger partial charge in [-0.3, -0.25) is 4.79 Å². The number of hydrogen-bond donors (Lipinski definition) is 2. The summed E-state index contributed by atoms with van der Waals surface area (Å²) in [6.07, 6.45) is 2.44. The van der Waals surface area contributed by atoms with Crippen LogP contribution in [0.3, 0.4) is 0 Å². The van der Waals surface area contributed by atoms with Gasteiger partial charge in [0.05, 0.1) is 0 Å². The summed E-state index contributed by atoms with van der Waals surface area (Å²) in [5, 5.41) is 2.95. The molecule has 3 N–H and O–H groups in total. The molecule has 0 saturated carbocycles. The molecule has 2 aromatic rings. The summed E-state index contributed by atoms with van der Waals surface area (Å²) >= 11 is 0. The highest BCUT2D eigenvalue weighted by Crippen LogP contribution is 2.25. The average molecular weight is 309 g/mol. The molecule has 3 rings (SSSR count). The van der Waals surface area contributed by atoms with Gasteiger partial charge in [-0.1, -0.05) is 19.1 Å². The van der Waals surface area contributed by atoms with Gasteiger partial charge < -0.3 is 16.0 Å². The van der Waals surface area contributed by atoms with Crippen molar-refractivity contribution < 1.29 is 4.79 Å². The third-order valence-corrected chi connectivity index (χ3v) is 4.40. The van der Waals surface area contributed by atoms with Crippen molar-refractivity contribution in [2.24, 2.45) is 5.92 Å². The van der Waals surface area contributed by atoms with Crippen molar-refractivity contribution >= 4 is 23.0 Å². The maximum absolute atomic E-state index is 12.3. The zero-order valence-electron chi connectivity index (χ0n) is 13.5. The van der Waals surface area contributed by atoms with Crippen molar-refractivity contribution in [2.75, 3.05) is 29.0 Å². The first-order chi connectivity index (χ1) is 11.1. The van der Waals surface area contributed by atoms with Gasteiger partial charge in [0.2, 0.25) is 0 Å². The quantitative estimate of drug-likeness (QED) is 0.849. The lowest BCUT2D eigenvalue weighted by Crippen LogP contribution is -2.32. The largest absolute Gasteiger partial charge is 0.399 e. The number of anilines is 3. The van der Waals surface area contributed by atoms with Crippen molar-refractivity contribution in [3.63, 3.8) is 0 Å². The van der Waals surface area contributed by atoms with Crippen LogP contribution in [0.4, 0.5) is 17.1 Å². The second kappa shape index (κ2) is 6.73. The molecule has 4 heteroatoms. The van der Waals surface area contributed by atoms with Crippen LogP contribution in [0.25, 0.3) is 0 Å². The Bertz CT molecular complexity index is 691. The van der Waals surface area contributed by atoms with Gasteiger partial charge in [-0.15, -0.1) is 0 Å². The number of benzene rings is 2. The molecule has 1 fully saturated rings. The summed E-state index contributed by atoms with van der Waals surface area (Å²) in [5.74, 6) is 0.666. The van der Waals surface area contributed by atoms with E-state index in [9.17, 15) is 4.79 Å². The topological polar surface area (TPSA) is 58.4 Å². The first kappa shape index (κ1) is 15.4. The Hall–Kier alpha value is -2.49. The van der Waals surface area contributed by atoms with Crippen LogP contribution in [-0.2, 0) is 0 Å². The minimum atomic E-state index is -0.137. The lowest BCUT2D eigenvalue weighted by molar-refractivity contribution is 0.102. The molecular weight excluding hydrogens is 286 g/mol. The highest BCUT2D eigenvalue weighted by atomic mass is 16.1. The average Bonchev–Trinajstić information content (AvgIpc) is 2.56. The van der Waals surface area contributed by atoms with Crippen LogP contribution in [0.1, 0.15) is 30.1 Å². The summed E-state index contributed by atoms with van der Waals surface area (Å²) in [4.78, 5) is 14.7. The fourth-order valence-electron chi connectivity index (χ4n) is 2.93. The van der Waals surface area contributed by atoms with Gasteiger partial charge in [-0.25, -0.2) is 0 Å². The third-order valence-electron chi connectivity index (χ3n) is 4.40. The smallest absolute Gasteiger partial charge is 0.255 e. The van der Waals surface area contributed by atoms with Crippen LogP contribution in [-0.4, -0.2) is 19.0 Å². The normalized spacial score (nSPS) is 15.4. The molecular formula is C19H23N3O. The van der Waals surface area contributed by atoms with Gasteiger partial charge in [0, 0.05) is 35.7 Å². The fourth-order valence-corrected chi connectivity index (χ4v) is 2.93. The maximum atomic E-state index is 12.3. The van der Waals surface area contributed by atoms with Gasteiger partial charge in [-0.2, -0.15) is 0 Å². The second-order valence-electron chi connectivity index (χ2n) is 6.30. The molecule has 0 bridgehead atoms. The van der Waals surface area contributed by atoms with Crippen molar-refractivity contribution in [3.8, 4) is 0 Å². The number of nitrogens with zero attached hydrogens (tertiary/aromatic N) is 1. The highest BCUT2D eigenvalue weighted by Gasteiger charge is 2.16. The molecule has 0 spiro atoms. The number of rotatable bonds is 3. The predicted molar refractivity (Wildman–Crippen MR) is 95.9 cm³/mol. The van der Waals surface area contributed by atoms with Gasteiger partial charge >= 0.3 is 0 Å².